The van der Waals surface area contributed by atoms with Crippen molar-refractivity contribution in [3.63, 3.8) is 0 Å². The molecule has 0 aliphatic heterocycles. The number of carbonyl (C=O) groups is 1. The number of alkyl halides is 1. The van der Waals surface area contributed by atoms with Gasteiger partial charge in [0.2, 0.25) is 5.91 Å². The van der Waals surface area contributed by atoms with E-state index in [1.807, 2.05) is 0 Å². The second kappa shape index (κ2) is 3.17. The second-order valence-corrected chi connectivity index (χ2v) is 3.09. The number of nitrogens with two attached hydrogens (primary N) is 2. The van der Waals surface area contributed by atoms with Crippen molar-refractivity contribution in [3.8, 4) is 0 Å². The zero-order valence-electron chi connectivity index (χ0n) is 6.29. The summed E-state index contributed by atoms with van der Waals surface area (Å²) in [4.78, 5) is 10.6. The van der Waals surface area contributed by atoms with Crippen molar-refractivity contribution < 1.29 is 9.18 Å². The van der Waals surface area contributed by atoms with Crippen LogP contribution in [0.4, 0.5) is 4.39 Å². The summed E-state index contributed by atoms with van der Waals surface area (Å²) in [7, 11) is 0. The van der Waals surface area contributed by atoms with E-state index in [1.165, 1.54) is 0 Å². The summed E-state index contributed by atoms with van der Waals surface area (Å²) in [5, 5.41) is 0. The van der Waals surface area contributed by atoms with Gasteiger partial charge in [-0.25, -0.2) is 4.39 Å². The molecule has 3 nitrogen and oxygen atoms in total. The fourth-order valence-corrected chi connectivity index (χ4v) is 1.40. The molecule has 1 saturated carbocycles. The van der Waals surface area contributed by atoms with E-state index >= 15 is 0 Å². The Morgan fingerprint density at radius 1 is 1.45 bits per heavy atom. The standard InChI is InChI=1S/C7H13FN2O/c8-5-3-4(7(10)11)1-2-6(5)9/h4-6H,1-3,9H2,(H2,10,11). The number of halogens is 1. The highest BCUT2D eigenvalue weighted by molar-refractivity contribution is 5.76. The van der Waals surface area contributed by atoms with Gasteiger partial charge < -0.3 is 11.5 Å². The van der Waals surface area contributed by atoms with Gasteiger partial charge in [-0.3, -0.25) is 4.79 Å². The Bertz CT molecular complexity index is 163. The lowest BCUT2D eigenvalue weighted by atomic mass is 9.85. The lowest BCUT2D eigenvalue weighted by molar-refractivity contribution is -0.123. The van der Waals surface area contributed by atoms with E-state index in [4.69, 9.17) is 11.5 Å². The average molecular weight is 160 g/mol. The zero-order valence-corrected chi connectivity index (χ0v) is 6.29. The Labute approximate surface area is 64.9 Å². The molecule has 0 bridgehead atoms. The Morgan fingerprint density at radius 3 is 2.55 bits per heavy atom. The number of carbonyl (C=O) groups excluding carboxylic acids is 1. The van der Waals surface area contributed by atoms with Crippen LogP contribution in [-0.4, -0.2) is 18.1 Å². The maximum Gasteiger partial charge on any atom is 0.220 e. The van der Waals surface area contributed by atoms with Crippen LogP contribution in [0.5, 0.6) is 0 Å². The smallest absolute Gasteiger partial charge is 0.220 e. The molecular formula is C7H13FN2O. The fraction of sp³-hybridized carbons (Fsp3) is 0.857. The first-order valence-electron chi connectivity index (χ1n) is 3.80. The molecule has 0 heterocycles. The minimum atomic E-state index is -1.05. The largest absolute Gasteiger partial charge is 0.369 e. The summed E-state index contributed by atoms with van der Waals surface area (Å²) in [6.07, 6.45) is 0.351. The lowest BCUT2D eigenvalue weighted by Gasteiger charge is -2.27. The molecule has 1 aliphatic rings. The Morgan fingerprint density at radius 2 is 2.09 bits per heavy atom. The zero-order chi connectivity index (χ0) is 8.43. The highest BCUT2D eigenvalue weighted by Gasteiger charge is 2.30. The molecule has 0 spiro atoms. The predicted molar refractivity (Wildman–Crippen MR) is 39.4 cm³/mol. The van der Waals surface area contributed by atoms with Crippen molar-refractivity contribution in [3.05, 3.63) is 0 Å². The van der Waals surface area contributed by atoms with Crippen molar-refractivity contribution in [2.45, 2.75) is 31.5 Å². The molecule has 4 heteroatoms. The predicted octanol–water partition coefficient (Wildman–Crippen LogP) is -0.0628. The van der Waals surface area contributed by atoms with Crippen molar-refractivity contribution in [2.24, 2.45) is 17.4 Å². The Hall–Kier alpha value is -0.640. The van der Waals surface area contributed by atoms with Gasteiger partial charge in [-0.15, -0.1) is 0 Å². The van der Waals surface area contributed by atoms with Crippen LogP contribution in [0.25, 0.3) is 0 Å². The summed E-state index contributed by atoms with van der Waals surface area (Å²) in [6, 6.07) is -0.398. The number of primary amides is 1. The molecule has 0 aromatic heterocycles. The van der Waals surface area contributed by atoms with E-state index < -0.39 is 18.1 Å². The highest BCUT2D eigenvalue weighted by Crippen LogP contribution is 2.25. The van der Waals surface area contributed by atoms with Gasteiger partial charge in [0, 0.05) is 12.0 Å². The Kier molecular flexibility index (Phi) is 2.44. The first-order valence-corrected chi connectivity index (χ1v) is 3.80. The maximum absolute atomic E-state index is 12.9. The van der Waals surface area contributed by atoms with Gasteiger partial charge in [-0.05, 0) is 19.3 Å². The van der Waals surface area contributed by atoms with Crippen LogP contribution in [0, 0.1) is 5.92 Å². The lowest BCUT2D eigenvalue weighted by Crippen LogP contribution is -2.41. The molecule has 3 unspecified atom stereocenters. The van der Waals surface area contributed by atoms with Crippen LogP contribution in [0.3, 0.4) is 0 Å². The summed E-state index contributed by atoms with van der Waals surface area (Å²) in [5.74, 6) is -0.704. The summed E-state index contributed by atoms with van der Waals surface area (Å²) < 4.78 is 12.9. The van der Waals surface area contributed by atoms with E-state index in [-0.39, 0.29) is 12.3 Å². The fourth-order valence-electron chi connectivity index (χ4n) is 1.40. The minimum Gasteiger partial charge on any atom is -0.369 e. The van der Waals surface area contributed by atoms with Crippen LogP contribution >= 0.6 is 0 Å². The van der Waals surface area contributed by atoms with Crippen LogP contribution in [-0.2, 0) is 4.79 Å². The van der Waals surface area contributed by atoms with E-state index in [0.717, 1.165) is 0 Å². The third kappa shape index (κ3) is 1.89. The number of hydrogen-bond donors (Lipinski definition) is 2. The second-order valence-electron chi connectivity index (χ2n) is 3.09. The van der Waals surface area contributed by atoms with Gasteiger partial charge in [0.15, 0.2) is 0 Å². The van der Waals surface area contributed by atoms with Gasteiger partial charge in [0.1, 0.15) is 6.17 Å². The molecule has 0 aromatic carbocycles. The molecule has 1 aliphatic carbocycles. The highest BCUT2D eigenvalue weighted by atomic mass is 19.1. The molecule has 1 fully saturated rings. The van der Waals surface area contributed by atoms with Crippen molar-refractivity contribution in [1.82, 2.24) is 0 Å². The van der Waals surface area contributed by atoms with Crippen molar-refractivity contribution in [2.75, 3.05) is 0 Å². The van der Waals surface area contributed by atoms with Gasteiger partial charge in [-0.1, -0.05) is 0 Å². The molecule has 3 atom stereocenters. The molecule has 11 heavy (non-hydrogen) atoms. The third-order valence-electron chi connectivity index (χ3n) is 2.23. The summed E-state index contributed by atoms with van der Waals surface area (Å²) in [5.41, 5.74) is 10.4. The quantitative estimate of drug-likeness (QED) is 0.564. The summed E-state index contributed by atoms with van der Waals surface area (Å²) in [6.45, 7) is 0. The Balaban J connectivity index is 2.46. The number of hydrogen-bond acceptors (Lipinski definition) is 2. The number of amides is 1. The van der Waals surface area contributed by atoms with Crippen LogP contribution in [0.2, 0.25) is 0 Å². The SMILES string of the molecule is NC(=O)C1CCC(N)C(F)C1. The van der Waals surface area contributed by atoms with E-state index in [1.54, 1.807) is 0 Å². The monoisotopic (exact) mass is 160 g/mol. The van der Waals surface area contributed by atoms with Crippen LogP contribution < -0.4 is 11.5 Å². The first kappa shape index (κ1) is 8.46. The summed E-state index contributed by atoms with van der Waals surface area (Å²) >= 11 is 0. The van der Waals surface area contributed by atoms with Gasteiger partial charge in [0.25, 0.3) is 0 Å². The van der Waals surface area contributed by atoms with Gasteiger partial charge in [-0.2, -0.15) is 0 Å². The van der Waals surface area contributed by atoms with E-state index in [2.05, 4.69) is 0 Å². The molecule has 1 rings (SSSR count). The van der Waals surface area contributed by atoms with Crippen LogP contribution in [0.15, 0.2) is 0 Å². The normalized spacial score (nSPS) is 38.5. The topological polar surface area (TPSA) is 69.1 Å². The number of rotatable bonds is 1. The van der Waals surface area contributed by atoms with Gasteiger partial charge >= 0.3 is 0 Å². The van der Waals surface area contributed by atoms with Crippen molar-refractivity contribution >= 4 is 5.91 Å². The van der Waals surface area contributed by atoms with E-state index in [9.17, 15) is 9.18 Å². The molecule has 1 amide bonds. The maximum atomic E-state index is 12.9. The molecule has 64 valence electrons. The van der Waals surface area contributed by atoms with Crippen molar-refractivity contribution in [1.29, 1.82) is 0 Å². The molecular weight excluding hydrogens is 147 g/mol. The first-order chi connectivity index (χ1) is 5.11. The third-order valence-corrected chi connectivity index (χ3v) is 2.23. The molecule has 4 N–H and O–H groups in total. The van der Waals surface area contributed by atoms with Gasteiger partial charge in [0.05, 0.1) is 0 Å². The van der Waals surface area contributed by atoms with Crippen LogP contribution in [0.1, 0.15) is 19.3 Å². The molecule has 0 saturated heterocycles. The molecule has 0 aromatic rings. The van der Waals surface area contributed by atoms with E-state index in [0.29, 0.717) is 12.8 Å². The minimum absolute atomic E-state index is 0.205. The average Bonchev–Trinajstić information content (AvgIpc) is 1.94. The molecule has 0 radical (unpaired) electrons.